The Hall–Kier alpha value is -3.01. The highest BCUT2D eigenvalue weighted by atomic mass is 16.5. The lowest BCUT2D eigenvalue weighted by Gasteiger charge is -2.09. The fourth-order valence-corrected chi connectivity index (χ4v) is 2.83. The summed E-state index contributed by atoms with van der Waals surface area (Å²) in [5.41, 5.74) is 4.90. The topological polar surface area (TPSA) is 43.3 Å². The van der Waals surface area contributed by atoms with E-state index in [1.807, 2.05) is 86.1 Å². The van der Waals surface area contributed by atoms with Gasteiger partial charge in [-0.1, -0.05) is 30.3 Å². The van der Waals surface area contributed by atoms with E-state index in [1.165, 1.54) is 0 Å². The van der Waals surface area contributed by atoms with Gasteiger partial charge in [0.15, 0.2) is 5.78 Å². The van der Waals surface area contributed by atoms with Crippen molar-refractivity contribution in [2.75, 3.05) is 11.9 Å². The van der Waals surface area contributed by atoms with Crippen LogP contribution in [0.4, 0.5) is 5.69 Å². The molecule has 1 heterocycles. The van der Waals surface area contributed by atoms with Gasteiger partial charge in [0.1, 0.15) is 12.4 Å². The monoisotopic (exact) mass is 348 g/mol. The lowest BCUT2D eigenvalue weighted by atomic mass is 10.1. The van der Waals surface area contributed by atoms with Crippen LogP contribution in [0, 0.1) is 13.8 Å². The van der Waals surface area contributed by atoms with Crippen molar-refractivity contribution in [3.63, 3.8) is 0 Å². The Morgan fingerprint density at radius 3 is 2.35 bits per heavy atom. The molecule has 26 heavy (non-hydrogen) atoms. The van der Waals surface area contributed by atoms with Gasteiger partial charge in [-0.2, -0.15) is 0 Å². The Labute approximate surface area is 154 Å². The van der Waals surface area contributed by atoms with E-state index in [-0.39, 0.29) is 12.3 Å². The van der Waals surface area contributed by atoms with Crippen LogP contribution in [0.3, 0.4) is 0 Å². The van der Waals surface area contributed by atoms with Crippen molar-refractivity contribution in [1.82, 2.24) is 4.57 Å². The Morgan fingerprint density at radius 2 is 1.73 bits per heavy atom. The summed E-state index contributed by atoms with van der Waals surface area (Å²) in [6.07, 6.45) is 0. The molecule has 0 aliphatic carbocycles. The van der Waals surface area contributed by atoms with Gasteiger partial charge in [-0.05, 0) is 49.7 Å². The molecule has 0 saturated carbocycles. The van der Waals surface area contributed by atoms with E-state index in [0.29, 0.717) is 6.61 Å². The van der Waals surface area contributed by atoms with E-state index < -0.39 is 0 Å². The number of carbonyl (C=O) groups is 1. The van der Waals surface area contributed by atoms with Gasteiger partial charge in [-0.25, -0.2) is 0 Å². The Balaban J connectivity index is 1.54. The Kier molecular flexibility index (Phi) is 5.42. The molecule has 0 spiro atoms. The third-order valence-corrected chi connectivity index (χ3v) is 4.63. The number of hydrogen-bond donors (Lipinski definition) is 1. The zero-order valence-corrected chi connectivity index (χ0v) is 15.5. The molecule has 4 heteroatoms. The largest absolute Gasteiger partial charge is 0.489 e. The van der Waals surface area contributed by atoms with Gasteiger partial charge in [-0.15, -0.1) is 0 Å². The summed E-state index contributed by atoms with van der Waals surface area (Å²) < 4.78 is 7.81. The first kappa shape index (κ1) is 17.8. The second-order valence-corrected chi connectivity index (χ2v) is 6.42. The van der Waals surface area contributed by atoms with E-state index in [1.54, 1.807) is 0 Å². The molecular formula is C22H24N2O2. The van der Waals surface area contributed by atoms with Gasteiger partial charge in [0.05, 0.1) is 6.54 Å². The number of hydrogen-bond acceptors (Lipinski definition) is 3. The first-order valence-corrected chi connectivity index (χ1v) is 8.71. The van der Waals surface area contributed by atoms with Crippen molar-refractivity contribution in [2.24, 2.45) is 7.05 Å². The molecule has 3 rings (SSSR count). The SMILES string of the molecule is Cc1cc(C(=O)CNc2ccc(OCc3ccccc3)cc2)c(C)n1C. The van der Waals surface area contributed by atoms with Crippen LogP contribution in [0.15, 0.2) is 60.7 Å². The summed E-state index contributed by atoms with van der Waals surface area (Å²) in [4.78, 5) is 12.4. The summed E-state index contributed by atoms with van der Waals surface area (Å²) in [6, 6.07) is 19.7. The summed E-state index contributed by atoms with van der Waals surface area (Å²) in [6.45, 7) is 4.79. The number of Topliss-reactive ketones (excluding diaryl/α,β-unsaturated/α-hetero) is 1. The van der Waals surface area contributed by atoms with E-state index >= 15 is 0 Å². The lowest BCUT2D eigenvalue weighted by Crippen LogP contribution is -2.14. The lowest BCUT2D eigenvalue weighted by molar-refractivity contribution is 0.101. The van der Waals surface area contributed by atoms with E-state index in [0.717, 1.165) is 34.0 Å². The first-order chi connectivity index (χ1) is 12.5. The average molecular weight is 348 g/mol. The van der Waals surface area contributed by atoms with Crippen LogP contribution in [0.1, 0.15) is 27.3 Å². The molecule has 3 aromatic rings. The maximum atomic E-state index is 12.4. The maximum absolute atomic E-state index is 12.4. The minimum Gasteiger partial charge on any atom is -0.489 e. The summed E-state index contributed by atoms with van der Waals surface area (Å²) >= 11 is 0. The minimum absolute atomic E-state index is 0.0932. The number of nitrogens with one attached hydrogen (secondary N) is 1. The molecule has 0 aliphatic rings. The molecule has 2 aromatic carbocycles. The van der Waals surface area contributed by atoms with Crippen molar-refractivity contribution in [1.29, 1.82) is 0 Å². The number of ketones is 1. The third-order valence-electron chi connectivity index (χ3n) is 4.63. The van der Waals surface area contributed by atoms with Crippen LogP contribution in [-0.2, 0) is 13.7 Å². The van der Waals surface area contributed by atoms with Gasteiger partial charge >= 0.3 is 0 Å². The Bertz CT molecular complexity index is 881. The summed E-state index contributed by atoms with van der Waals surface area (Å²) in [7, 11) is 1.98. The standard InChI is InChI=1S/C22H24N2O2/c1-16-13-21(17(2)24(16)3)22(25)14-23-19-9-11-20(12-10-19)26-15-18-7-5-4-6-8-18/h4-13,23H,14-15H2,1-3H3. The number of ether oxygens (including phenoxy) is 1. The van der Waals surface area contributed by atoms with E-state index in [2.05, 4.69) is 5.32 Å². The molecule has 0 fully saturated rings. The van der Waals surface area contributed by atoms with Crippen molar-refractivity contribution >= 4 is 11.5 Å². The molecular weight excluding hydrogens is 324 g/mol. The highest BCUT2D eigenvalue weighted by molar-refractivity contribution is 6.00. The summed E-state index contributed by atoms with van der Waals surface area (Å²) in [5.74, 6) is 0.899. The molecule has 0 unspecified atom stereocenters. The number of aromatic nitrogens is 1. The fourth-order valence-electron chi connectivity index (χ4n) is 2.83. The first-order valence-electron chi connectivity index (χ1n) is 8.71. The highest BCUT2D eigenvalue weighted by Gasteiger charge is 2.13. The molecule has 1 aromatic heterocycles. The predicted octanol–water partition coefficient (Wildman–Crippen LogP) is 4.52. The second kappa shape index (κ2) is 7.91. The zero-order chi connectivity index (χ0) is 18.5. The molecule has 1 N–H and O–H groups in total. The predicted molar refractivity (Wildman–Crippen MR) is 105 cm³/mol. The fraction of sp³-hybridized carbons (Fsp3) is 0.227. The average Bonchev–Trinajstić information content (AvgIpc) is 2.93. The van der Waals surface area contributed by atoms with Gasteiger partial charge in [0, 0.05) is 29.7 Å². The van der Waals surface area contributed by atoms with Gasteiger partial charge in [0.2, 0.25) is 0 Å². The molecule has 0 saturated heterocycles. The molecule has 4 nitrogen and oxygen atoms in total. The maximum Gasteiger partial charge on any atom is 0.183 e. The third kappa shape index (κ3) is 4.14. The number of rotatable bonds is 7. The Morgan fingerprint density at radius 1 is 1.04 bits per heavy atom. The van der Waals surface area contributed by atoms with Crippen LogP contribution in [-0.4, -0.2) is 16.9 Å². The van der Waals surface area contributed by atoms with Gasteiger partial charge in [-0.3, -0.25) is 4.79 Å². The molecule has 0 amide bonds. The van der Waals surface area contributed by atoms with Gasteiger partial charge < -0.3 is 14.6 Å². The van der Waals surface area contributed by atoms with Crippen LogP contribution in [0.25, 0.3) is 0 Å². The van der Waals surface area contributed by atoms with Crippen LogP contribution >= 0.6 is 0 Å². The quantitative estimate of drug-likeness (QED) is 0.639. The smallest absolute Gasteiger partial charge is 0.183 e. The van der Waals surface area contributed by atoms with Crippen molar-refractivity contribution in [3.05, 3.63) is 83.2 Å². The van der Waals surface area contributed by atoms with Crippen molar-refractivity contribution < 1.29 is 9.53 Å². The highest BCUT2D eigenvalue weighted by Crippen LogP contribution is 2.18. The molecule has 0 radical (unpaired) electrons. The number of anilines is 1. The molecule has 0 bridgehead atoms. The van der Waals surface area contributed by atoms with Crippen molar-refractivity contribution in [2.45, 2.75) is 20.5 Å². The number of nitrogens with zero attached hydrogens (tertiary/aromatic N) is 1. The molecule has 0 atom stereocenters. The van der Waals surface area contributed by atoms with E-state index in [9.17, 15) is 4.79 Å². The minimum atomic E-state index is 0.0932. The van der Waals surface area contributed by atoms with Crippen LogP contribution in [0.2, 0.25) is 0 Å². The molecule has 134 valence electrons. The van der Waals surface area contributed by atoms with E-state index in [4.69, 9.17) is 4.74 Å². The van der Waals surface area contributed by atoms with Crippen LogP contribution < -0.4 is 10.1 Å². The number of carbonyl (C=O) groups excluding carboxylic acids is 1. The van der Waals surface area contributed by atoms with Gasteiger partial charge in [0.25, 0.3) is 0 Å². The number of aryl methyl sites for hydroxylation is 1. The van der Waals surface area contributed by atoms with Crippen LogP contribution in [0.5, 0.6) is 5.75 Å². The second-order valence-electron chi connectivity index (χ2n) is 6.42. The molecule has 0 aliphatic heterocycles. The summed E-state index contributed by atoms with van der Waals surface area (Å²) in [5, 5.41) is 3.19. The normalized spacial score (nSPS) is 10.6. The van der Waals surface area contributed by atoms with Crippen molar-refractivity contribution in [3.8, 4) is 5.75 Å². The number of benzene rings is 2. The zero-order valence-electron chi connectivity index (χ0n) is 15.5.